The molecule has 0 radical (unpaired) electrons. The zero-order chi connectivity index (χ0) is 12.3. The Kier molecular flexibility index (Phi) is 3.60. The van der Waals surface area contributed by atoms with Gasteiger partial charge in [-0.1, -0.05) is 6.07 Å². The molecule has 0 fully saturated rings. The first kappa shape index (κ1) is 12.3. The van der Waals surface area contributed by atoms with Crippen LogP contribution in [0.15, 0.2) is 28.2 Å². The molecule has 0 unspecified atom stereocenters. The predicted molar refractivity (Wildman–Crippen MR) is 64.4 cm³/mol. The Bertz CT molecular complexity index is 571. The highest BCUT2D eigenvalue weighted by Gasteiger charge is 2.15. The van der Waals surface area contributed by atoms with Crippen molar-refractivity contribution in [1.29, 1.82) is 0 Å². The summed E-state index contributed by atoms with van der Waals surface area (Å²) in [6.45, 7) is -0.377. The van der Waals surface area contributed by atoms with E-state index in [1.54, 1.807) is 0 Å². The van der Waals surface area contributed by atoms with Crippen LogP contribution < -0.4 is 0 Å². The van der Waals surface area contributed by atoms with Crippen molar-refractivity contribution in [2.75, 3.05) is 12.4 Å². The molecule has 0 amide bonds. The molecule has 2 aromatic rings. The van der Waals surface area contributed by atoms with Gasteiger partial charge < -0.3 is 9.52 Å². The lowest BCUT2D eigenvalue weighted by atomic mass is 10.5. The van der Waals surface area contributed by atoms with Crippen molar-refractivity contribution in [2.24, 2.45) is 0 Å². The molecule has 2 aromatic heterocycles. The van der Waals surface area contributed by atoms with Gasteiger partial charge in [0.2, 0.25) is 5.89 Å². The molecular weight excluding hydrogens is 262 g/mol. The number of hydrogen-bond donors (Lipinski definition) is 1. The van der Waals surface area contributed by atoms with Gasteiger partial charge in [0.05, 0.1) is 28.7 Å². The van der Waals surface area contributed by atoms with Gasteiger partial charge in [0, 0.05) is 0 Å². The number of hydrogen-bond acceptors (Lipinski definition) is 6. The maximum atomic E-state index is 11.5. The van der Waals surface area contributed by atoms with Crippen molar-refractivity contribution < 1.29 is 17.9 Å². The van der Waals surface area contributed by atoms with Crippen molar-refractivity contribution in [3.63, 3.8) is 0 Å². The quantitative estimate of drug-likeness (QED) is 0.888. The average molecular weight is 273 g/mol. The first-order chi connectivity index (χ1) is 8.11. The molecule has 0 aromatic carbocycles. The van der Waals surface area contributed by atoms with Crippen LogP contribution in [0.4, 0.5) is 0 Å². The number of aliphatic hydroxyl groups excluding tert-OH is 1. The van der Waals surface area contributed by atoms with Crippen LogP contribution in [-0.2, 0) is 15.6 Å². The van der Waals surface area contributed by atoms with E-state index >= 15 is 0 Å². The molecule has 0 spiro atoms. The Balaban J connectivity index is 2.15. The highest BCUT2D eigenvalue weighted by molar-refractivity contribution is 7.90. The van der Waals surface area contributed by atoms with Crippen molar-refractivity contribution in [2.45, 2.75) is 5.75 Å². The van der Waals surface area contributed by atoms with Gasteiger partial charge in [-0.2, -0.15) is 0 Å². The number of oxazole rings is 1. The summed E-state index contributed by atoms with van der Waals surface area (Å²) in [4.78, 5) is 4.96. The van der Waals surface area contributed by atoms with Crippen LogP contribution in [0.3, 0.4) is 0 Å². The molecule has 2 rings (SSSR count). The van der Waals surface area contributed by atoms with Crippen LogP contribution in [0.5, 0.6) is 0 Å². The van der Waals surface area contributed by atoms with Crippen molar-refractivity contribution in [1.82, 2.24) is 4.98 Å². The molecule has 0 aliphatic heterocycles. The van der Waals surface area contributed by atoms with Gasteiger partial charge in [-0.3, -0.25) is 0 Å². The molecule has 0 saturated heterocycles. The Labute approximate surface area is 103 Å². The molecule has 92 valence electrons. The Morgan fingerprint density at radius 3 is 2.94 bits per heavy atom. The second-order valence-electron chi connectivity index (χ2n) is 3.44. The molecule has 1 N–H and O–H groups in total. The topological polar surface area (TPSA) is 80.4 Å². The predicted octanol–water partition coefficient (Wildman–Crippen LogP) is 1.31. The van der Waals surface area contributed by atoms with Gasteiger partial charge in [-0.05, 0) is 11.4 Å². The lowest BCUT2D eigenvalue weighted by molar-refractivity contribution is 0.319. The summed E-state index contributed by atoms with van der Waals surface area (Å²) in [7, 11) is -3.31. The fourth-order valence-corrected chi connectivity index (χ4v) is 2.98. The Hall–Kier alpha value is -1.18. The SMILES string of the molecule is O=S(=O)(CCO)Cc1coc(-c2cccs2)n1. The third-order valence-electron chi connectivity index (χ3n) is 2.05. The van der Waals surface area contributed by atoms with E-state index in [1.807, 2.05) is 17.5 Å². The second kappa shape index (κ2) is 4.99. The van der Waals surface area contributed by atoms with Crippen LogP contribution >= 0.6 is 11.3 Å². The number of sulfone groups is 1. The van der Waals surface area contributed by atoms with Crippen LogP contribution in [-0.4, -0.2) is 30.9 Å². The highest BCUT2D eigenvalue weighted by Crippen LogP contribution is 2.24. The smallest absolute Gasteiger partial charge is 0.236 e. The fourth-order valence-electron chi connectivity index (χ4n) is 1.32. The minimum absolute atomic E-state index is 0.206. The minimum Gasteiger partial charge on any atom is -0.444 e. The van der Waals surface area contributed by atoms with E-state index in [0.29, 0.717) is 11.6 Å². The lowest BCUT2D eigenvalue weighted by Crippen LogP contribution is -2.12. The number of rotatable bonds is 5. The third-order valence-corrected chi connectivity index (χ3v) is 4.45. The normalized spacial score (nSPS) is 11.8. The summed E-state index contributed by atoms with van der Waals surface area (Å²) in [5.74, 6) is -0.0365. The van der Waals surface area contributed by atoms with Crippen molar-refractivity contribution >= 4 is 21.2 Å². The first-order valence-corrected chi connectivity index (χ1v) is 7.60. The first-order valence-electron chi connectivity index (χ1n) is 4.90. The van der Waals surface area contributed by atoms with E-state index in [0.717, 1.165) is 4.88 Å². The molecular formula is C10H11NO4S2. The zero-order valence-corrected chi connectivity index (χ0v) is 10.5. The van der Waals surface area contributed by atoms with E-state index in [2.05, 4.69) is 4.98 Å². The number of aliphatic hydroxyl groups is 1. The van der Waals surface area contributed by atoms with Crippen LogP contribution in [0.25, 0.3) is 10.8 Å². The zero-order valence-electron chi connectivity index (χ0n) is 8.87. The summed E-state index contributed by atoms with van der Waals surface area (Å²) in [5.41, 5.74) is 0.363. The third kappa shape index (κ3) is 3.15. The molecule has 0 aliphatic rings. The van der Waals surface area contributed by atoms with E-state index < -0.39 is 9.84 Å². The van der Waals surface area contributed by atoms with Crippen molar-refractivity contribution in [3.8, 4) is 10.8 Å². The lowest BCUT2D eigenvalue weighted by Gasteiger charge is -1.97. The molecule has 17 heavy (non-hydrogen) atoms. The van der Waals surface area contributed by atoms with Gasteiger partial charge in [0.15, 0.2) is 9.84 Å². The van der Waals surface area contributed by atoms with Crippen molar-refractivity contribution in [3.05, 3.63) is 29.5 Å². The molecule has 5 nitrogen and oxygen atoms in total. The molecule has 0 aliphatic carbocycles. The Morgan fingerprint density at radius 1 is 1.47 bits per heavy atom. The maximum absolute atomic E-state index is 11.5. The largest absolute Gasteiger partial charge is 0.444 e. The molecule has 2 heterocycles. The molecule has 0 atom stereocenters. The minimum atomic E-state index is -3.31. The van der Waals surface area contributed by atoms with E-state index in [-0.39, 0.29) is 18.1 Å². The summed E-state index contributed by atoms with van der Waals surface area (Å²) >= 11 is 1.47. The second-order valence-corrected chi connectivity index (χ2v) is 6.57. The maximum Gasteiger partial charge on any atom is 0.236 e. The van der Waals surface area contributed by atoms with E-state index in [9.17, 15) is 8.42 Å². The van der Waals surface area contributed by atoms with Gasteiger partial charge in [-0.15, -0.1) is 11.3 Å². The van der Waals surface area contributed by atoms with Gasteiger partial charge in [0.1, 0.15) is 6.26 Å². The van der Waals surface area contributed by atoms with Crippen LogP contribution in [0.2, 0.25) is 0 Å². The fraction of sp³-hybridized carbons (Fsp3) is 0.300. The standard InChI is InChI=1S/C10H11NO4S2/c12-3-5-17(13,14)7-8-6-15-10(11-8)9-2-1-4-16-9/h1-2,4,6,12H,3,5,7H2. The molecule has 0 saturated carbocycles. The molecule has 0 bridgehead atoms. The Morgan fingerprint density at radius 2 is 2.29 bits per heavy atom. The molecule has 7 heteroatoms. The van der Waals surface area contributed by atoms with Gasteiger partial charge in [0.25, 0.3) is 0 Å². The van der Waals surface area contributed by atoms with Crippen LogP contribution in [0.1, 0.15) is 5.69 Å². The number of aromatic nitrogens is 1. The van der Waals surface area contributed by atoms with Gasteiger partial charge in [-0.25, -0.2) is 13.4 Å². The summed E-state index contributed by atoms with van der Waals surface area (Å²) < 4.78 is 28.1. The van der Waals surface area contributed by atoms with Gasteiger partial charge >= 0.3 is 0 Å². The van der Waals surface area contributed by atoms with E-state index in [4.69, 9.17) is 9.52 Å². The van der Waals surface area contributed by atoms with E-state index in [1.165, 1.54) is 17.6 Å². The summed E-state index contributed by atoms with van der Waals surface area (Å²) in [6, 6.07) is 3.72. The average Bonchev–Trinajstić information content (AvgIpc) is 2.85. The number of nitrogens with zero attached hydrogens (tertiary/aromatic N) is 1. The highest BCUT2D eigenvalue weighted by atomic mass is 32.2. The number of thiophene rings is 1. The summed E-state index contributed by atoms with van der Waals surface area (Å²) in [6.07, 6.45) is 1.34. The monoisotopic (exact) mass is 273 g/mol. The van der Waals surface area contributed by atoms with Crippen LogP contribution in [0, 0.1) is 0 Å². The summed E-state index contributed by atoms with van der Waals surface area (Å²) in [5, 5.41) is 10.5.